The van der Waals surface area contributed by atoms with E-state index in [0.29, 0.717) is 0 Å². The zero-order valence-corrected chi connectivity index (χ0v) is 11.1. The molecule has 0 radical (unpaired) electrons. The molecule has 0 saturated carbocycles. The van der Waals surface area contributed by atoms with Crippen LogP contribution in [0.25, 0.3) is 5.57 Å². The van der Waals surface area contributed by atoms with Crippen LogP contribution in [-0.4, -0.2) is 11.7 Å². The number of allylic oxidation sites excluding steroid dienone is 2. The van der Waals surface area contributed by atoms with E-state index in [2.05, 4.69) is 0 Å². The smallest absolute Gasteiger partial charge is 0.398 e. The minimum atomic E-state index is -4.70. The Bertz CT molecular complexity index is 642. The maximum absolute atomic E-state index is 12.9. The molecule has 2 rings (SSSR count). The third-order valence-electron chi connectivity index (χ3n) is 3.43. The third-order valence-corrected chi connectivity index (χ3v) is 3.43. The monoisotopic (exact) mass is 322 g/mol. The van der Waals surface area contributed by atoms with Gasteiger partial charge in [0.1, 0.15) is 5.54 Å². The number of benzene rings is 1. The average molecular weight is 322 g/mol. The minimum Gasteiger partial charge on any atom is -0.398 e. The van der Waals surface area contributed by atoms with E-state index >= 15 is 0 Å². The van der Waals surface area contributed by atoms with Gasteiger partial charge in [0.2, 0.25) is 0 Å². The molecule has 0 heterocycles. The molecule has 1 aromatic carbocycles. The van der Waals surface area contributed by atoms with Crippen LogP contribution in [0.15, 0.2) is 36.4 Å². The highest BCUT2D eigenvalue weighted by molar-refractivity contribution is 5.72. The first-order valence-electron chi connectivity index (χ1n) is 6.15. The Balaban J connectivity index is 2.42. The van der Waals surface area contributed by atoms with Gasteiger partial charge in [-0.2, -0.15) is 26.3 Å². The number of rotatable bonds is 1. The summed E-state index contributed by atoms with van der Waals surface area (Å²) in [5.74, 6) is 0. The Morgan fingerprint density at radius 2 is 1.68 bits per heavy atom. The molecule has 2 nitrogen and oxygen atoms in total. The van der Waals surface area contributed by atoms with Crippen LogP contribution in [0.2, 0.25) is 0 Å². The van der Waals surface area contributed by atoms with Crippen molar-refractivity contribution in [3.63, 3.8) is 0 Å². The van der Waals surface area contributed by atoms with Gasteiger partial charge in [-0.15, -0.1) is 0 Å². The van der Waals surface area contributed by atoms with E-state index in [1.54, 1.807) is 0 Å². The lowest BCUT2D eigenvalue weighted by Gasteiger charge is -2.32. The van der Waals surface area contributed by atoms with E-state index in [9.17, 15) is 26.3 Å². The molecule has 0 saturated heterocycles. The molecule has 1 unspecified atom stereocenters. The number of hydrogen-bond donors (Lipinski definition) is 2. The minimum absolute atomic E-state index is 0.00458. The molecule has 0 fully saturated rings. The SMILES string of the molecule is Nc1ccc(C2=CC=CC(N)(C(F)(F)F)C2)cc1C(F)(F)F. The van der Waals surface area contributed by atoms with Crippen LogP contribution in [0.3, 0.4) is 0 Å². The van der Waals surface area contributed by atoms with Gasteiger partial charge in [0.15, 0.2) is 0 Å². The fraction of sp³-hybridized carbons (Fsp3) is 0.286. The Hall–Kier alpha value is -1.96. The summed E-state index contributed by atoms with van der Waals surface area (Å²) in [7, 11) is 0. The lowest BCUT2D eigenvalue weighted by atomic mass is 9.83. The second-order valence-electron chi connectivity index (χ2n) is 5.07. The molecule has 1 aliphatic carbocycles. The third kappa shape index (κ3) is 2.96. The van der Waals surface area contributed by atoms with E-state index in [1.807, 2.05) is 0 Å². The number of halogens is 6. The number of alkyl halides is 6. The molecule has 0 spiro atoms. The molecular formula is C14H12F6N2. The van der Waals surface area contributed by atoms with Crippen molar-refractivity contribution in [1.82, 2.24) is 0 Å². The molecule has 0 amide bonds. The van der Waals surface area contributed by atoms with Crippen LogP contribution in [-0.2, 0) is 6.18 Å². The Morgan fingerprint density at radius 3 is 2.23 bits per heavy atom. The molecule has 4 N–H and O–H groups in total. The van der Waals surface area contributed by atoms with Crippen molar-refractivity contribution in [3.8, 4) is 0 Å². The van der Waals surface area contributed by atoms with Crippen molar-refractivity contribution in [2.24, 2.45) is 5.73 Å². The lowest BCUT2D eigenvalue weighted by molar-refractivity contribution is -0.170. The van der Waals surface area contributed by atoms with Gasteiger partial charge in [-0.1, -0.05) is 24.3 Å². The van der Waals surface area contributed by atoms with Crippen molar-refractivity contribution in [1.29, 1.82) is 0 Å². The fourth-order valence-electron chi connectivity index (χ4n) is 2.16. The largest absolute Gasteiger partial charge is 0.418 e. The zero-order valence-electron chi connectivity index (χ0n) is 11.1. The summed E-state index contributed by atoms with van der Waals surface area (Å²) in [5.41, 5.74) is 6.48. The number of hydrogen-bond acceptors (Lipinski definition) is 2. The Morgan fingerprint density at radius 1 is 1.05 bits per heavy atom. The standard InChI is InChI=1S/C14H12F6N2/c15-13(16,17)10-6-8(3-4-11(10)21)9-2-1-5-12(22,7-9)14(18,19)20/h1-6H,7,21-22H2. The van der Waals surface area contributed by atoms with Crippen LogP contribution in [0, 0.1) is 0 Å². The molecular weight excluding hydrogens is 310 g/mol. The van der Waals surface area contributed by atoms with E-state index in [0.717, 1.165) is 24.3 Å². The highest BCUT2D eigenvalue weighted by Gasteiger charge is 2.51. The first kappa shape index (κ1) is 16.4. The second-order valence-corrected chi connectivity index (χ2v) is 5.07. The predicted molar refractivity (Wildman–Crippen MR) is 70.6 cm³/mol. The molecule has 0 aromatic heterocycles. The summed E-state index contributed by atoms with van der Waals surface area (Å²) in [4.78, 5) is 0. The van der Waals surface area contributed by atoms with Crippen molar-refractivity contribution < 1.29 is 26.3 Å². The van der Waals surface area contributed by atoms with E-state index in [-0.39, 0.29) is 11.1 Å². The summed E-state index contributed by atoms with van der Waals surface area (Å²) >= 11 is 0. The molecule has 0 bridgehead atoms. The quantitative estimate of drug-likeness (QED) is 0.609. The van der Waals surface area contributed by atoms with Gasteiger partial charge < -0.3 is 11.5 Å². The maximum Gasteiger partial charge on any atom is 0.418 e. The highest BCUT2D eigenvalue weighted by Crippen LogP contribution is 2.41. The molecule has 120 valence electrons. The molecule has 1 aliphatic rings. The van der Waals surface area contributed by atoms with Gasteiger partial charge in [-0.05, 0) is 23.3 Å². The number of nitrogen functional groups attached to an aromatic ring is 1. The number of anilines is 1. The molecule has 22 heavy (non-hydrogen) atoms. The first-order chi connectivity index (χ1) is 9.94. The summed E-state index contributed by atoms with van der Waals surface area (Å²) in [6.07, 6.45) is -6.84. The number of nitrogens with two attached hydrogens (primary N) is 2. The summed E-state index contributed by atoms with van der Waals surface area (Å²) < 4.78 is 77.3. The van der Waals surface area contributed by atoms with E-state index in [4.69, 9.17) is 11.5 Å². The predicted octanol–water partition coefficient (Wildman–Crippen LogP) is 3.89. The van der Waals surface area contributed by atoms with Crippen molar-refractivity contribution in [3.05, 3.63) is 47.6 Å². The molecule has 8 heteroatoms. The van der Waals surface area contributed by atoms with Crippen LogP contribution >= 0.6 is 0 Å². The second kappa shape index (κ2) is 5.05. The van der Waals surface area contributed by atoms with Crippen molar-refractivity contribution in [2.75, 3.05) is 5.73 Å². The normalized spacial score (nSPS) is 22.6. The topological polar surface area (TPSA) is 52.0 Å². The van der Waals surface area contributed by atoms with E-state index in [1.165, 1.54) is 12.1 Å². The van der Waals surface area contributed by atoms with Gasteiger partial charge in [-0.3, -0.25) is 0 Å². The van der Waals surface area contributed by atoms with Gasteiger partial charge in [0.25, 0.3) is 0 Å². The van der Waals surface area contributed by atoms with Gasteiger partial charge in [0, 0.05) is 12.1 Å². The fourth-order valence-corrected chi connectivity index (χ4v) is 2.16. The summed E-state index contributed by atoms with van der Waals surface area (Å²) in [6.45, 7) is 0. The maximum atomic E-state index is 12.9. The zero-order chi connectivity index (χ0) is 16.8. The summed E-state index contributed by atoms with van der Waals surface area (Å²) in [5, 5.41) is 0. The molecule has 1 aromatic rings. The Kier molecular flexibility index (Phi) is 3.76. The molecule has 1 atom stereocenters. The average Bonchev–Trinajstić information content (AvgIpc) is 2.36. The van der Waals surface area contributed by atoms with Gasteiger partial charge in [-0.25, -0.2) is 0 Å². The van der Waals surface area contributed by atoms with Crippen molar-refractivity contribution in [2.45, 2.75) is 24.3 Å². The van der Waals surface area contributed by atoms with E-state index < -0.39 is 35.6 Å². The lowest BCUT2D eigenvalue weighted by Crippen LogP contribution is -2.52. The van der Waals surface area contributed by atoms with Crippen LogP contribution in [0.1, 0.15) is 17.5 Å². The van der Waals surface area contributed by atoms with Gasteiger partial charge >= 0.3 is 12.4 Å². The first-order valence-corrected chi connectivity index (χ1v) is 6.15. The van der Waals surface area contributed by atoms with Crippen LogP contribution < -0.4 is 11.5 Å². The van der Waals surface area contributed by atoms with Gasteiger partial charge in [0.05, 0.1) is 5.56 Å². The highest BCUT2D eigenvalue weighted by atomic mass is 19.4. The summed E-state index contributed by atoms with van der Waals surface area (Å²) in [6, 6.07) is 2.99. The van der Waals surface area contributed by atoms with Crippen molar-refractivity contribution >= 4 is 11.3 Å². The molecule has 0 aliphatic heterocycles. The Labute approximate surface area is 122 Å². The van der Waals surface area contributed by atoms with Crippen LogP contribution in [0.4, 0.5) is 32.0 Å². The van der Waals surface area contributed by atoms with Crippen LogP contribution in [0.5, 0.6) is 0 Å².